The van der Waals surface area contributed by atoms with Crippen molar-refractivity contribution in [1.29, 1.82) is 0 Å². The molecule has 0 heterocycles. The first-order valence-corrected chi connectivity index (χ1v) is 18.0. The first-order valence-electron chi connectivity index (χ1n) is 15.4. The van der Waals surface area contributed by atoms with E-state index in [-0.39, 0.29) is 52.0 Å². The molecule has 48 heavy (non-hydrogen) atoms. The molecule has 0 aliphatic heterocycles. The van der Waals surface area contributed by atoms with Crippen LogP contribution in [0.25, 0.3) is 0 Å². The molecule has 0 bridgehead atoms. The Balaban J connectivity index is 1.82. The standard InChI is InChI=1S/C33H37Cl3N4O7S/c1-4-28(33(42)37-25-8-6-5-7-9-25)38(19-22-11-12-23(34)16-27(22)36)32(41)20-39(30-17-24(35)13-15-31(30)47-3)48(45,46)26-14-10-21(2)29(18-26)40(43)44/h10-18,25,28H,4-9,19-20H2,1-3H3,(H,37,42)/t28-/m0/s1. The molecule has 0 unspecified atom stereocenters. The molecule has 15 heteroatoms. The third kappa shape index (κ3) is 8.71. The van der Waals surface area contributed by atoms with E-state index in [4.69, 9.17) is 39.5 Å². The van der Waals surface area contributed by atoms with Gasteiger partial charge in [0.15, 0.2) is 0 Å². The lowest BCUT2D eigenvalue weighted by Gasteiger charge is -2.35. The van der Waals surface area contributed by atoms with E-state index >= 15 is 0 Å². The van der Waals surface area contributed by atoms with Gasteiger partial charge in [-0.1, -0.05) is 73.1 Å². The number of methoxy groups -OCH3 is 1. The molecule has 0 radical (unpaired) electrons. The normalized spacial score (nSPS) is 14.2. The van der Waals surface area contributed by atoms with Gasteiger partial charge in [0.1, 0.15) is 18.3 Å². The Morgan fingerprint density at radius 2 is 1.69 bits per heavy atom. The monoisotopic (exact) mass is 738 g/mol. The number of nitro benzene ring substituents is 1. The van der Waals surface area contributed by atoms with Crippen LogP contribution in [-0.2, 0) is 26.2 Å². The number of nitrogens with one attached hydrogen (secondary N) is 1. The van der Waals surface area contributed by atoms with Crippen molar-refractivity contribution in [2.75, 3.05) is 18.0 Å². The lowest BCUT2D eigenvalue weighted by molar-refractivity contribution is -0.385. The Hall–Kier alpha value is -3.58. The van der Waals surface area contributed by atoms with E-state index in [1.165, 1.54) is 55.3 Å². The van der Waals surface area contributed by atoms with Crippen LogP contribution < -0.4 is 14.4 Å². The van der Waals surface area contributed by atoms with Crippen LogP contribution in [0.2, 0.25) is 15.1 Å². The summed E-state index contributed by atoms with van der Waals surface area (Å²) in [5, 5.41) is 15.6. The van der Waals surface area contributed by atoms with Gasteiger partial charge < -0.3 is 15.0 Å². The van der Waals surface area contributed by atoms with Crippen LogP contribution >= 0.6 is 34.8 Å². The van der Waals surface area contributed by atoms with Crippen LogP contribution in [0.1, 0.15) is 56.6 Å². The third-order valence-electron chi connectivity index (χ3n) is 8.35. The highest BCUT2D eigenvalue weighted by atomic mass is 35.5. The highest BCUT2D eigenvalue weighted by molar-refractivity contribution is 7.92. The fraction of sp³-hybridized carbons (Fsp3) is 0.394. The molecule has 4 rings (SSSR count). The number of amides is 2. The van der Waals surface area contributed by atoms with Gasteiger partial charge in [0.2, 0.25) is 11.8 Å². The SMILES string of the molecule is CC[C@@H](C(=O)NC1CCCCC1)N(Cc1ccc(Cl)cc1Cl)C(=O)CN(c1cc(Cl)ccc1OC)S(=O)(=O)c1ccc(C)c([N+](=O)[O-])c1. The van der Waals surface area contributed by atoms with Crippen LogP contribution in [0, 0.1) is 17.0 Å². The van der Waals surface area contributed by atoms with E-state index in [0.717, 1.165) is 42.5 Å². The molecule has 0 saturated heterocycles. The number of nitro groups is 1. The summed E-state index contributed by atoms with van der Waals surface area (Å²) in [6.45, 7) is 2.30. The summed E-state index contributed by atoms with van der Waals surface area (Å²) in [7, 11) is -3.34. The fourth-order valence-electron chi connectivity index (χ4n) is 5.74. The number of aryl methyl sites for hydroxylation is 1. The molecule has 1 aliphatic rings. The van der Waals surface area contributed by atoms with E-state index < -0.39 is 44.0 Å². The summed E-state index contributed by atoms with van der Waals surface area (Å²) in [6, 6.07) is 11.5. The number of anilines is 1. The zero-order valence-corrected chi connectivity index (χ0v) is 29.8. The second-order valence-electron chi connectivity index (χ2n) is 11.6. The first-order chi connectivity index (χ1) is 22.8. The maximum absolute atomic E-state index is 14.5. The van der Waals surface area contributed by atoms with Crippen molar-refractivity contribution in [3.63, 3.8) is 0 Å². The number of rotatable bonds is 13. The van der Waals surface area contributed by atoms with Crippen molar-refractivity contribution in [2.45, 2.75) is 75.9 Å². The second-order valence-corrected chi connectivity index (χ2v) is 14.7. The molecule has 1 N–H and O–H groups in total. The summed E-state index contributed by atoms with van der Waals surface area (Å²) in [6.07, 6.45) is 4.91. The molecule has 2 amide bonds. The molecule has 3 aromatic carbocycles. The smallest absolute Gasteiger partial charge is 0.273 e. The zero-order valence-electron chi connectivity index (χ0n) is 26.7. The van der Waals surface area contributed by atoms with Gasteiger partial charge in [-0.3, -0.25) is 24.0 Å². The summed E-state index contributed by atoms with van der Waals surface area (Å²) in [5.74, 6) is -1.03. The van der Waals surface area contributed by atoms with E-state index in [2.05, 4.69) is 5.32 Å². The van der Waals surface area contributed by atoms with Gasteiger partial charge in [0, 0.05) is 39.3 Å². The second kappa shape index (κ2) is 16.2. The lowest BCUT2D eigenvalue weighted by atomic mass is 9.95. The quantitative estimate of drug-likeness (QED) is 0.143. The highest BCUT2D eigenvalue weighted by Crippen LogP contribution is 2.36. The Bertz CT molecular complexity index is 1780. The topological polar surface area (TPSA) is 139 Å². The zero-order chi connectivity index (χ0) is 35.2. The van der Waals surface area contributed by atoms with E-state index in [1.807, 2.05) is 0 Å². The van der Waals surface area contributed by atoms with Crippen LogP contribution in [0.3, 0.4) is 0 Å². The van der Waals surface area contributed by atoms with Gasteiger partial charge in [-0.05, 0) is 68.1 Å². The largest absolute Gasteiger partial charge is 0.495 e. The number of carbonyl (C=O) groups is 2. The Morgan fingerprint density at radius 1 is 1.02 bits per heavy atom. The minimum Gasteiger partial charge on any atom is -0.495 e. The molecular formula is C33H37Cl3N4O7S. The number of sulfonamides is 1. The maximum Gasteiger partial charge on any atom is 0.273 e. The minimum absolute atomic E-state index is 0.0405. The average molecular weight is 740 g/mol. The number of nitrogens with zero attached hydrogens (tertiary/aromatic N) is 3. The molecular weight excluding hydrogens is 703 g/mol. The van der Waals surface area contributed by atoms with Gasteiger partial charge in [-0.2, -0.15) is 0 Å². The van der Waals surface area contributed by atoms with Crippen molar-refractivity contribution in [3.05, 3.63) is 90.9 Å². The molecule has 0 spiro atoms. The van der Waals surface area contributed by atoms with Crippen LogP contribution in [0.4, 0.5) is 11.4 Å². The molecule has 1 aliphatic carbocycles. The first kappa shape index (κ1) is 37.2. The van der Waals surface area contributed by atoms with Gasteiger partial charge in [-0.15, -0.1) is 0 Å². The lowest BCUT2D eigenvalue weighted by Crippen LogP contribution is -2.54. The van der Waals surface area contributed by atoms with Crippen molar-refractivity contribution < 1.29 is 27.7 Å². The van der Waals surface area contributed by atoms with Crippen LogP contribution in [0.5, 0.6) is 5.75 Å². The van der Waals surface area contributed by atoms with Crippen molar-refractivity contribution in [1.82, 2.24) is 10.2 Å². The minimum atomic E-state index is -4.67. The van der Waals surface area contributed by atoms with Gasteiger partial charge >= 0.3 is 0 Å². The number of hydrogen-bond acceptors (Lipinski definition) is 7. The molecule has 11 nitrogen and oxygen atoms in total. The molecule has 258 valence electrons. The van der Waals surface area contributed by atoms with Crippen LogP contribution in [-0.4, -0.2) is 55.8 Å². The van der Waals surface area contributed by atoms with Gasteiger partial charge in [0.25, 0.3) is 15.7 Å². The van der Waals surface area contributed by atoms with E-state index in [9.17, 15) is 28.1 Å². The predicted molar refractivity (Wildman–Crippen MR) is 186 cm³/mol. The Morgan fingerprint density at radius 3 is 2.31 bits per heavy atom. The summed E-state index contributed by atoms with van der Waals surface area (Å²) in [5.41, 5.74) is 0.250. The van der Waals surface area contributed by atoms with Gasteiger partial charge in [0.05, 0.1) is 22.6 Å². The molecule has 1 atom stereocenters. The number of carbonyl (C=O) groups excluding carboxylic acids is 2. The van der Waals surface area contributed by atoms with E-state index in [1.54, 1.807) is 19.1 Å². The Labute approximate surface area is 295 Å². The highest BCUT2D eigenvalue weighted by Gasteiger charge is 2.36. The number of benzene rings is 3. The third-order valence-corrected chi connectivity index (χ3v) is 10.9. The molecule has 1 saturated carbocycles. The van der Waals surface area contributed by atoms with Crippen LogP contribution in [0.15, 0.2) is 59.5 Å². The Kier molecular flexibility index (Phi) is 12.6. The molecule has 3 aromatic rings. The van der Waals surface area contributed by atoms with Gasteiger partial charge in [-0.25, -0.2) is 8.42 Å². The maximum atomic E-state index is 14.5. The van der Waals surface area contributed by atoms with Crippen molar-refractivity contribution in [2.24, 2.45) is 0 Å². The number of ether oxygens (including phenoxy) is 1. The summed E-state index contributed by atoms with van der Waals surface area (Å²) in [4.78, 5) is 40.2. The summed E-state index contributed by atoms with van der Waals surface area (Å²) >= 11 is 18.9. The van der Waals surface area contributed by atoms with Crippen molar-refractivity contribution in [3.8, 4) is 5.75 Å². The number of hydrogen-bond donors (Lipinski definition) is 1. The molecule has 0 aromatic heterocycles. The molecule has 1 fully saturated rings. The fourth-order valence-corrected chi connectivity index (χ4v) is 7.81. The number of halogens is 3. The van der Waals surface area contributed by atoms with Crippen molar-refractivity contribution >= 4 is 68.0 Å². The van der Waals surface area contributed by atoms with E-state index in [0.29, 0.717) is 10.6 Å². The predicted octanol–water partition coefficient (Wildman–Crippen LogP) is 7.32. The summed E-state index contributed by atoms with van der Waals surface area (Å²) < 4.78 is 35.0. The average Bonchev–Trinajstić information content (AvgIpc) is 3.04.